The van der Waals surface area contributed by atoms with Crippen molar-refractivity contribution in [2.75, 3.05) is 33.3 Å². The number of ether oxygens (including phenoxy) is 1. The van der Waals surface area contributed by atoms with E-state index in [9.17, 15) is 0 Å². The van der Waals surface area contributed by atoms with Gasteiger partial charge < -0.3 is 9.22 Å². The smallest absolute Gasteiger partial charge is 0.119 e. The molecule has 2 heteroatoms. The molecule has 2 atom stereocenters. The number of piperidine rings is 1. The Morgan fingerprint density at radius 1 is 1.28 bits per heavy atom. The molecule has 2 rings (SSSR count). The topological polar surface area (TPSA) is 9.23 Å². The van der Waals surface area contributed by atoms with Crippen molar-refractivity contribution in [3.8, 4) is 5.75 Å². The van der Waals surface area contributed by atoms with E-state index in [1.54, 1.807) is 0 Å². The van der Waals surface area contributed by atoms with Gasteiger partial charge in [-0.25, -0.2) is 0 Å². The molecule has 1 aliphatic rings. The van der Waals surface area contributed by atoms with Crippen molar-refractivity contribution < 1.29 is 9.22 Å². The fraction of sp³-hybridized carbons (Fsp3) is 0.625. The molecular weight excluding hydrogens is 222 g/mol. The largest absolute Gasteiger partial charge is 0.493 e. The van der Waals surface area contributed by atoms with Crippen LogP contribution in [0.15, 0.2) is 30.3 Å². The molecule has 1 unspecified atom stereocenters. The highest BCUT2D eigenvalue weighted by Gasteiger charge is 2.28. The van der Waals surface area contributed by atoms with Crippen LogP contribution in [-0.4, -0.2) is 37.8 Å². The van der Waals surface area contributed by atoms with E-state index in [0.29, 0.717) is 0 Å². The van der Waals surface area contributed by atoms with Crippen LogP contribution in [0.2, 0.25) is 0 Å². The molecule has 1 fully saturated rings. The van der Waals surface area contributed by atoms with Crippen molar-refractivity contribution in [1.82, 2.24) is 0 Å². The first-order valence-corrected chi connectivity index (χ1v) is 7.19. The summed E-state index contributed by atoms with van der Waals surface area (Å²) < 4.78 is 6.99. The van der Waals surface area contributed by atoms with Gasteiger partial charge in [-0.1, -0.05) is 25.1 Å². The quantitative estimate of drug-likeness (QED) is 0.573. The second-order valence-electron chi connectivity index (χ2n) is 6.01. The van der Waals surface area contributed by atoms with Gasteiger partial charge in [0.15, 0.2) is 0 Å². The predicted octanol–water partition coefficient (Wildman–Crippen LogP) is 3.33. The van der Waals surface area contributed by atoms with E-state index in [-0.39, 0.29) is 0 Å². The van der Waals surface area contributed by atoms with E-state index in [4.69, 9.17) is 4.74 Å². The maximum absolute atomic E-state index is 5.76. The molecule has 0 saturated carbocycles. The fourth-order valence-corrected chi connectivity index (χ4v) is 3.11. The highest BCUT2D eigenvalue weighted by molar-refractivity contribution is 5.20. The van der Waals surface area contributed by atoms with Crippen molar-refractivity contribution in [3.05, 3.63) is 30.3 Å². The fourth-order valence-electron chi connectivity index (χ4n) is 3.11. The molecule has 100 valence electrons. The lowest BCUT2D eigenvalue weighted by Gasteiger charge is -2.40. The van der Waals surface area contributed by atoms with Crippen LogP contribution < -0.4 is 4.74 Å². The molecule has 0 spiro atoms. The molecule has 0 N–H and O–H groups in total. The predicted molar refractivity (Wildman–Crippen MR) is 75.7 cm³/mol. The standard InChI is InChI=1S/C16H26NO/c1-15-8-6-11-17(2,14-15)12-7-13-18-16-9-4-3-5-10-16/h3-5,9-10,15H,6-8,11-14H2,1-2H3/q+1/t15-,17?/m1/s1. The first-order valence-electron chi connectivity index (χ1n) is 7.19. The van der Waals surface area contributed by atoms with Gasteiger partial charge in [-0.15, -0.1) is 0 Å². The molecule has 2 nitrogen and oxygen atoms in total. The average Bonchev–Trinajstić information content (AvgIpc) is 2.36. The summed E-state index contributed by atoms with van der Waals surface area (Å²) in [6.07, 6.45) is 3.95. The van der Waals surface area contributed by atoms with Crippen LogP contribution >= 0.6 is 0 Å². The number of quaternary nitrogens is 1. The van der Waals surface area contributed by atoms with E-state index in [1.807, 2.05) is 30.3 Å². The number of nitrogens with zero attached hydrogens (tertiary/aromatic N) is 1. The van der Waals surface area contributed by atoms with Crippen molar-refractivity contribution >= 4 is 0 Å². The van der Waals surface area contributed by atoms with E-state index in [1.165, 1.54) is 37.0 Å². The molecule has 0 aromatic heterocycles. The van der Waals surface area contributed by atoms with Crippen LogP contribution in [-0.2, 0) is 0 Å². The Labute approximate surface area is 111 Å². The summed E-state index contributed by atoms with van der Waals surface area (Å²) in [6.45, 7) is 7.15. The lowest BCUT2D eigenvalue weighted by atomic mass is 9.98. The Balaban J connectivity index is 1.69. The van der Waals surface area contributed by atoms with Gasteiger partial charge >= 0.3 is 0 Å². The van der Waals surface area contributed by atoms with Gasteiger partial charge in [0.1, 0.15) is 5.75 Å². The zero-order chi connectivity index (χ0) is 12.8. The summed E-state index contributed by atoms with van der Waals surface area (Å²) >= 11 is 0. The summed E-state index contributed by atoms with van der Waals surface area (Å²) in [6, 6.07) is 10.1. The number of likely N-dealkylation sites (tertiary alicyclic amines) is 1. The summed E-state index contributed by atoms with van der Waals surface area (Å²) in [5.41, 5.74) is 0. The molecule has 1 aromatic rings. The molecular formula is C16H26NO+. The summed E-state index contributed by atoms with van der Waals surface area (Å²) in [5.74, 6) is 1.88. The zero-order valence-corrected chi connectivity index (χ0v) is 11.8. The van der Waals surface area contributed by atoms with E-state index >= 15 is 0 Å². The molecule has 1 heterocycles. The van der Waals surface area contributed by atoms with Gasteiger partial charge in [0, 0.05) is 12.3 Å². The first-order chi connectivity index (χ1) is 8.68. The van der Waals surface area contributed by atoms with Crippen LogP contribution in [0.4, 0.5) is 0 Å². The van der Waals surface area contributed by atoms with E-state index in [2.05, 4.69) is 14.0 Å². The highest BCUT2D eigenvalue weighted by atomic mass is 16.5. The van der Waals surface area contributed by atoms with Crippen LogP contribution in [0.5, 0.6) is 5.75 Å². The second kappa shape index (κ2) is 6.24. The molecule has 1 aromatic carbocycles. The third-order valence-electron chi connectivity index (χ3n) is 4.00. The van der Waals surface area contributed by atoms with Crippen molar-refractivity contribution in [2.45, 2.75) is 26.2 Å². The number of rotatable bonds is 5. The van der Waals surface area contributed by atoms with Crippen LogP contribution in [0.25, 0.3) is 0 Å². The van der Waals surface area contributed by atoms with Gasteiger partial charge in [-0.3, -0.25) is 0 Å². The van der Waals surface area contributed by atoms with Gasteiger partial charge in [0.25, 0.3) is 0 Å². The Morgan fingerprint density at radius 3 is 2.78 bits per heavy atom. The maximum Gasteiger partial charge on any atom is 0.119 e. The molecule has 0 bridgehead atoms. The minimum Gasteiger partial charge on any atom is -0.493 e. The van der Waals surface area contributed by atoms with Gasteiger partial charge in [0.2, 0.25) is 0 Å². The first kappa shape index (κ1) is 13.4. The SMILES string of the molecule is C[C@@H]1CCC[N+](C)(CCCOc2ccccc2)C1. The maximum atomic E-state index is 5.76. The van der Waals surface area contributed by atoms with E-state index in [0.717, 1.165) is 24.7 Å². The number of para-hydroxylation sites is 1. The summed E-state index contributed by atoms with van der Waals surface area (Å²) in [7, 11) is 2.40. The third kappa shape index (κ3) is 4.02. The molecule has 1 saturated heterocycles. The lowest BCUT2D eigenvalue weighted by molar-refractivity contribution is -0.917. The minimum atomic E-state index is 0.840. The van der Waals surface area contributed by atoms with Crippen LogP contribution in [0.1, 0.15) is 26.2 Å². The van der Waals surface area contributed by atoms with Crippen LogP contribution in [0.3, 0.4) is 0 Å². The number of benzene rings is 1. The molecule has 0 aliphatic carbocycles. The Morgan fingerprint density at radius 2 is 2.06 bits per heavy atom. The van der Waals surface area contributed by atoms with Crippen LogP contribution in [0, 0.1) is 5.92 Å². The Bertz CT molecular complexity index is 351. The normalized spacial score (nSPS) is 28.0. The van der Waals surface area contributed by atoms with Crippen molar-refractivity contribution in [3.63, 3.8) is 0 Å². The third-order valence-corrected chi connectivity index (χ3v) is 4.00. The van der Waals surface area contributed by atoms with Crippen molar-refractivity contribution in [2.24, 2.45) is 5.92 Å². The number of hydrogen-bond acceptors (Lipinski definition) is 1. The summed E-state index contributed by atoms with van der Waals surface area (Å²) in [4.78, 5) is 0. The van der Waals surface area contributed by atoms with Gasteiger partial charge in [-0.05, 0) is 25.0 Å². The molecule has 1 aliphatic heterocycles. The molecule has 0 radical (unpaired) electrons. The lowest BCUT2D eigenvalue weighted by Crippen LogP contribution is -2.51. The molecule has 18 heavy (non-hydrogen) atoms. The minimum absolute atomic E-state index is 0.840. The van der Waals surface area contributed by atoms with E-state index < -0.39 is 0 Å². The second-order valence-corrected chi connectivity index (χ2v) is 6.01. The zero-order valence-electron chi connectivity index (χ0n) is 11.8. The average molecular weight is 248 g/mol. The Hall–Kier alpha value is -1.02. The molecule has 0 amide bonds. The van der Waals surface area contributed by atoms with Gasteiger partial charge in [-0.2, -0.15) is 0 Å². The number of hydrogen-bond donors (Lipinski definition) is 0. The van der Waals surface area contributed by atoms with Crippen molar-refractivity contribution in [1.29, 1.82) is 0 Å². The summed E-state index contributed by atoms with van der Waals surface area (Å²) in [5, 5.41) is 0. The Kier molecular flexibility index (Phi) is 4.65. The van der Waals surface area contributed by atoms with Gasteiger partial charge in [0.05, 0.1) is 33.3 Å². The highest BCUT2D eigenvalue weighted by Crippen LogP contribution is 2.21. The monoisotopic (exact) mass is 248 g/mol.